The zero-order chi connectivity index (χ0) is 15.5. The van der Waals surface area contributed by atoms with Crippen LogP contribution < -0.4 is 0 Å². The summed E-state index contributed by atoms with van der Waals surface area (Å²) in [6.45, 7) is 3.36. The average Bonchev–Trinajstić information content (AvgIpc) is 2.79. The summed E-state index contributed by atoms with van der Waals surface area (Å²) in [5, 5.41) is 2.69. The molecule has 1 heterocycles. The Morgan fingerprint density at radius 3 is 1.86 bits per heavy atom. The lowest BCUT2D eigenvalue weighted by Crippen LogP contribution is -1.97. The normalized spacial score (nSPS) is 11.6. The molecule has 0 radical (unpaired) electrons. The van der Waals surface area contributed by atoms with Crippen molar-refractivity contribution in [2.45, 2.75) is 45.6 Å². The molecule has 0 spiro atoms. The Bertz CT molecular complexity index is 730. The van der Waals surface area contributed by atoms with Crippen LogP contribution in [0.5, 0.6) is 0 Å². The molecule has 0 saturated heterocycles. The predicted octanol–water partition coefficient (Wildman–Crippen LogP) is 7.29. The molecule has 0 bridgehead atoms. The molecule has 3 rings (SSSR count). The van der Waals surface area contributed by atoms with Gasteiger partial charge in [-0.05, 0) is 30.7 Å². The Morgan fingerprint density at radius 2 is 1.32 bits per heavy atom. The van der Waals surface area contributed by atoms with Crippen LogP contribution in [0.3, 0.4) is 0 Å². The van der Waals surface area contributed by atoms with E-state index in [-0.39, 0.29) is 0 Å². The molecule has 0 saturated carbocycles. The van der Waals surface area contributed by atoms with E-state index in [4.69, 9.17) is 0 Å². The second kappa shape index (κ2) is 7.18. The van der Waals surface area contributed by atoms with Gasteiger partial charge in [-0.2, -0.15) is 0 Å². The van der Waals surface area contributed by atoms with Gasteiger partial charge >= 0.3 is 0 Å². The Balaban J connectivity index is 2.00. The van der Waals surface area contributed by atoms with Crippen LogP contribution in [0.15, 0.2) is 45.3 Å². The molecule has 3 aromatic rings. The summed E-state index contributed by atoms with van der Waals surface area (Å²) in [5.74, 6) is 0. The first-order chi connectivity index (χ1) is 10.7. The first-order valence-electron chi connectivity index (χ1n) is 8.07. The third-order valence-electron chi connectivity index (χ3n) is 4.28. The van der Waals surface area contributed by atoms with Gasteiger partial charge in [0.05, 0.1) is 11.0 Å². The Labute approximate surface area is 149 Å². The summed E-state index contributed by atoms with van der Waals surface area (Å²) in [6, 6.07) is 13.2. The first kappa shape index (κ1) is 16.1. The highest BCUT2D eigenvalue weighted by molar-refractivity contribution is 9.10. The molecule has 0 N–H and O–H groups in total. The molecule has 0 fully saturated rings. The van der Waals surface area contributed by atoms with Gasteiger partial charge in [0.1, 0.15) is 0 Å². The van der Waals surface area contributed by atoms with Gasteiger partial charge in [0.15, 0.2) is 0 Å². The van der Waals surface area contributed by atoms with Crippen LogP contribution >= 0.6 is 31.9 Å². The zero-order valence-electron chi connectivity index (χ0n) is 12.9. The lowest BCUT2D eigenvalue weighted by molar-refractivity contribution is 0.584. The number of unbranched alkanes of at least 4 members (excludes halogenated alkanes) is 4. The largest absolute Gasteiger partial charge is 0.340 e. The molecule has 22 heavy (non-hydrogen) atoms. The van der Waals surface area contributed by atoms with Crippen molar-refractivity contribution < 1.29 is 0 Å². The summed E-state index contributed by atoms with van der Waals surface area (Å²) < 4.78 is 4.77. The molecule has 1 nitrogen and oxygen atoms in total. The lowest BCUT2D eigenvalue weighted by Gasteiger charge is -2.08. The first-order valence-corrected chi connectivity index (χ1v) is 9.66. The average molecular weight is 423 g/mol. The number of benzene rings is 2. The number of aromatic nitrogens is 1. The maximum atomic E-state index is 3.62. The third-order valence-corrected chi connectivity index (χ3v) is 5.26. The number of halogens is 2. The molecule has 0 unspecified atom stereocenters. The van der Waals surface area contributed by atoms with Gasteiger partial charge in [-0.15, -0.1) is 0 Å². The monoisotopic (exact) mass is 421 g/mol. The van der Waals surface area contributed by atoms with Crippen LogP contribution in [-0.2, 0) is 6.54 Å². The highest BCUT2D eigenvalue weighted by Gasteiger charge is 2.11. The van der Waals surface area contributed by atoms with Crippen molar-refractivity contribution in [2.24, 2.45) is 0 Å². The van der Waals surface area contributed by atoms with Crippen molar-refractivity contribution in [1.29, 1.82) is 0 Å². The van der Waals surface area contributed by atoms with Gasteiger partial charge in [0.25, 0.3) is 0 Å². The second-order valence-electron chi connectivity index (χ2n) is 5.89. The molecule has 116 valence electrons. The molecule has 1 aromatic heterocycles. The van der Waals surface area contributed by atoms with Gasteiger partial charge in [0.2, 0.25) is 0 Å². The lowest BCUT2D eigenvalue weighted by atomic mass is 10.1. The number of hydrogen-bond acceptors (Lipinski definition) is 0. The SMILES string of the molecule is CCCCCCCn1c2cc(Br)ccc2c2ccc(Br)cc21. The van der Waals surface area contributed by atoms with Crippen LogP contribution in [0.25, 0.3) is 21.8 Å². The van der Waals surface area contributed by atoms with E-state index < -0.39 is 0 Å². The Morgan fingerprint density at radius 1 is 0.773 bits per heavy atom. The summed E-state index contributed by atoms with van der Waals surface area (Å²) in [7, 11) is 0. The summed E-state index contributed by atoms with van der Waals surface area (Å²) in [6.07, 6.45) is 6.56. The summed E-state index contributed by atoms with van der Waals surface area (Å²) in [4.78, 5) is 0. The molecule has 2 aromatic carbocycles. The van der Waals surface area contributed by atoms with E-state index in [1.165, 1.54) is 53.9 Å². The maximum absolute atomic E-state index is 3.62. The van der Waals surface area contributed by atoms with E-state index in [0.29, 0.717) is 0 Å². The Hall–Kier alpha value is -0.800. The third kappa shape index (κ3) is 3.26. The van der Waals surface area contributed by atoms with E-state index in [9.17, 15) is 0 Å². The van der Waals surface area contributed by atoms with Crippen molar-refractivity contribution in [1.82, 2.24) is 4.57 Å². The number of aryl methyl sites for hydroxylation is 1. The van der Waals surface area contributed by atoms with E-state index in [2.05, 4.69) is 79.7 Å². The van der Waals surface area contributed by atoms with Crippen LogP contribution in [0, 0.1) is 0 Å². The number of fused-ring (bicyclic) bond motifs is 3. The maximum Gasteiger partial charge on any atom is 0.0502 e. The molecule has 0 aliphatic carbocycles. The molecule has 0 amide bonds. The smallest absolute Gasteiger partial charge is 0.0502 e. The van der Waals surface area contributed by atoms with Crippen molar-refractivity contribution in [2.75, 3.05) is 0 Å². The van der Waals surface area contributed by atoms with E-state index in [1.54, 1.807) is 0 Å². The summed E-state index contributed by atoms with van der Waals surface area (Å²) >= 11 is 7.24. The highest BCUT2D eigenvalue weighted by atomic mass is 79.9. The molecular weight excluding hydrogens is 402 g/mol. The predicted molar refractivity (Wildman–Crippen MR) is 104 cm³/mol. The number of nitrogens with zero attached hydrogens (tertiary/aromatic N) is 1. The quantitative estimate of drug-likeness (QED) is 0.367. The second-order valence-corrected chi connectivity index (χ2v) is 7.72. The molecule has 0 atom stereocenters. The van der Waals surface area contributed by atoms with Gasteiger partial charge in [0, 0.05) is 26.3 Å². The topological polar surface area (TPSA) is 4.93 Å². The Kier molecular flexibility index (Phi) is 5.25. The molecular formula is C19H21Br2N. The van der Waals surface area contributed by atoms with Crippen molar-refractivity contribution >= 4 is 53.7 Å². The van der Waals surface area contributed by atoms with Gasteiger partial charge in [-0.25, -0.2) is 0 Å². The van der Waals surface area contributed by atoms with Gasteiger partial charge < -0.3 is 4.57 Å². The zero-order valence-corrected chi connectivity index (χ0v) is 16.1. The fraction of sp³-hybridized carbons (Fsp3) is 0.368. The minimum absolute atomic E-state index is 1.09. The summed E-state index contributed by atoms with van der Waals surface area (Å²) in [5.41, 5.74) is 2.66. The molecule has 3 heteroatoms. The number of hydrogen-bond donors (Lipinski definition) is 0. The van der Waals surface area contributed by atoms with Crippen molar-refractivity contribution in [3.63, 3.8) is 0 Å². The fourth-order valence-electron chi connectivity index (χ4n) is 3.16. The van der Waals surface area contributed by atoms with Crippen LogP contribution in [0.2, 0.25) is 0 Å². The van der Waals surface area contributed by atoms with Gasteiger partial charge in [-0.3, -0.25) is 0 Å². The van der Waals surface area contributed by atoms with E-state index >= 15 is 0 Å². The minimum atomic E-state index is 1.09. The molecule has 0 aliphatic rings. The van der Waals surface area contributed by atoms with Gasteiger partial charge in [-0.1, -0.05) is 76.6 Å². The van der Waals surface area contributed by atoms with Crippen LogP contribution in [-0.4, -0.2) is 4.57 Å². The van der Waals surface area contributed by atoms with Crippen molar-refractivity contribution in [3.05, 3.63) is 45.3 Å². The minimum Gasteiger partial charge on any atom is -0.340 e. The standard InChI is InChI=1S/C19H21Br2N/c1-2-3-4-5-6-11-22-18-12-14(20)7-9-16(18)17-10-8-15(21)13-19(17)22/h7-10,12-13H,2-6,11H2,1H3. The van der Waals surface area contributed by atoms with Crippen LogP contribution in [0.1, 0.15) is 39.0 Å². The fourth-order valence-corrected chi connectivity index (χ4v) is 3.85. The van der Waals surface area contributed by atoms with Crippen LogP contribution in [0.4, 0.5) is 0 Å². The van der Waals surface area contributed by atoms with E-state index in [0.717, 1.165) is 15.5 Å². The van der Waals surface area contributed by atoms with E-state index in [1.807, 2.05) is 0 Å². The molecule has 0 aliphatic heterocycles. The number of rotatable bonds is 6. The highest BCUT2D eigenvalue weighted by Crippen LogP contribution is 2.33. The van der Waals surface area contributed by atoms with Crippen molar-refractivity contribution in [3.8, 4) is 0 Å².